The maximum Gasteiger partial charge on any atom is 0.271 e. The molecule has 0 heterocycles. The van der Waals surface area contributed by atoms with Crippen LogP contribution in [0.4, 0.5) is 0 Å². The van der Waals surface area contributed by atoms with E-state index in [1.165, 1.54) is 0 Å². The lowest BCUT2D eigenvalue weighted by molar-refractivity contribution is -0.112. The Morgan fingerprint density at radius 1 is 0.879 bits per heavy atom. The van der Waals surface area contributed by atoms with Crippen LogP contribution in [0.5, 0.6) is 0 Å². The fourth-order valence-electron chi connectivity index (χ4n) is 4.16. The number of carbonyl (C=O) groups excluding carboxylic acids is 1. The van der Waals surface area contributed by atoms with Gasteiger partial charge in [-0.15, -0.1) is 12.1 Å². The summed E-state index contributed by atoms with van der Waals surface area (Å²) in [4.78, 5) is 14.1. The molecule has 0 fully saturated rings. The third-order valence-electron chi connectivity index (χ3n) is 6.01. The molecule has 0 saturated heterocycles. The van der Waals surface area contributed by atoms with Crippen LogP contribution >= 0.6 is 15.9 Å². The molecule has 0 N–H and O–H groups in total. The Labute approximate surface area is 208 Å². The highest BCUT2D eigenvalue weighted by atomic mass is 79.9. The smallest absolute Gasteiger partial charge is 0.271 e. The number of hydrogen-bond acceptors (Lipinski definition) is 1. The van der Waals surface area contributed by atoms with Gasteiger partial charge in [-0.05, 0) is 54.1 Å². The van der Waals surface area contributed by atoms with Crippen molar-refractivity contribution >= 4 is 39.8 Å². The van der Waals surface area contributed by atoms with E-state index in [0.717, 1.165) is 47.0 Å². The summed E-state index contributed by atoms with van der Waals surface area (Å²) in [5, 5.41) is 3.38. The van der Waals surface area contributed by atoms with Crippen molar-refractivity contribution in [3.63, 3.8) is 0 Å². The first kappa shape index (κ1) is 25.0. The Kier molecular flexibility index (Phi) is 9.93. The molecule has 0 spiro atoms. The minimum Gasteiger partial charge on any atom is -0.303 e. The van der Waals surface area contributed by atoms with Gasteiger partial charge >= 0.3 is 0 Å². The number of hydrogen-bond donors (Lipinski definition) is 0. The van der Waals surface area contributed by atoms with Crippen molar-refractivity contribution in [2.75, 3.05) is 5.33 Å². The third kappa shape index (κ3) is 6.66. The van der Waals surface area contributed by atoms with E-state index in [0.29, 0.717) is 17.7 Å². The quantitative estimate of drug-likeness (QED) is 0.131. The van der Waals surface area contributed by atoms with E-state index in [9.17, 15) is 4.79 Å². The Balaban J connectivity index is 1.99. The summed E-state index contributed by atoms with van der Waals surface area (Å²) in [5.41, 5.74) is 4.53. The van der Waals surface area contributed by atoms with Crippen molar-refractivity contribution in [1.82, 2.24) is 0 Å². The molecule has 0 bridgehead atoms. The average Bonchev–Trinajstić information content (AvgIpc) is 2.88. The van der Waals surface area contributed by atoms with Gasteiger partial charge in [0.05, 0.1) is 0 Å². The van der Waals surface area contributed by atoms with Crippen LogP contribution in [0.2, 0.25) is 0 Å². The second-order valence-corrected chi connectivity index (χ2v) is 12.4. The number of halogens is 1. The van der Waals surface area contributed by atoms with Gasteiger partial charge in [-0.3, -0.25) is 0 Å². The van der Waals surface area contributed by atoms with E-state index >= 15 is 0 Å². The lowest BCUT2D eigenvalue weighted by Gasteiger charge is -2.26. The molecule has 0 saturated carbocycles. The average molecular weight is 516 g/mol. The molecule has 33 heavy (non-hydrogen) atoms. The molecule has 0 aliphatic carbocycles. The predicted molar refractivity (Wildman–Crippen MR) is 147 cm³/mol. The molecular formula is C30H31BrOSi. The lowest BCUT2D eigenvalue weighted by Crippen LogP contribution is -2.64. The molecule has 3 aromatic rings. The molecule has 3 heteroatoms. The summed E-state index contributed by atoms with van der Waals surface area (Å²) in [6.45, 7) is 3.84. The molecule has 0 aliphatic rings. The Morgan fingerprint density at radius 3 is 1.94 bits per heavy atom. The largest absolute Gasteiger partial charge is 0.303 e. The second kappa shape index (κ2) is 13.1. The summed E-state index contributed by atoms with van der Waals surface area (Å²) in [6, 6.07) is 30.4. The molecule has 1 nitrogen and oxygen atoms in total. The standard InChI is InChI=1S/C30H31BrOSi/c1-2-3-14-27(25-31)17-13-22-30(32)33(28-18-9-5-10-19-28,29-20-11-6-12-21-29)24-23-26-15-7-4-8-16-26/h2,4-12,15-16,18-21,27H,1,3,13-14,17,22,25H2. The fraction of sp³-hybridized carbons (Fsp3) is 0.233. The number of rotatable bonds is 11. The van der Waals surface area contributed by atoms with Crippen molar-refractivity contribution < 1.29 is 4.79 Å². The van der Waals surface area contributed by atoms with Crippen LogP contribution in [-0.4, -0.2) is 18.8 Å². The monoisotopic (exact) mass is 514 g/mol. The molecule has 1 unspecified atom stereocenters. The third-order valence-corrected chi connectivity index (χ3v) is 10.9. The van der Waals surface area contributed by atoms with Gasteiger partial charge in [0, 0.05) is 17.3 Å². The highest BCUT2D eigenvalue weighted by Crippen LogP contribution is 2.19. The van der Waals surface area contributed by atoms with Gasteiger partial charge in [-0.25, -0.2) is 0 Å². The summed E-state index contributed by atoms with van der Waals surface area (Å²) in [7, 11) is -2.97. The van der Waals surface area contributed by atoms with Crippen molar-refractivity contribution in [2.45, 2.75) is 32.1 Å². The number of benzene rings is 3. The van der Waals surface area contributed by atoms with Gasteiger partial charge in [0.1, 0.15) is 5.41 Å². The predicted octanol–water partition coefficient (Wildman–Crippen LogP) is 6.10. The van der Waals surface area contributed by atoms with E-state index < -0.39 is 8.07 Å². The van der Waals surface area contributed by atoms with Gasteiger partial charge in [0.2, 0.25) is 0 Å². The highest BCUT2D eigenvalue weighted by Gasteiger charge is 2.43. The van der Waals surface area contributed by atoms with E-state index in [1.807, 2.05) is 72.8 Å². The Morgan fingerprint density at radius 2 is 1.42 bits per heavy atom. The van der Waals surface area contributed by atoms with Gasteiger partial charge in [-0.2, -0.15) is 0 Å². The van der Waals surface area contributed by atoms with Gasteiger partial charge in [0.25, 0.3) is 8.07 Å². The Bertz CT molecular complexity index is 1030. The van der Waals surface area contributed by atoms with Gasteiger partial charge in [-0.1, -0.05) is 107 Å². The van der Waals surface area contributed by atoms with Gasteiger partial charge in [0.15, 0.2) is 0 Å². The van der Waals surface area contributed by atoms with Crippen molar-refractivity contribution in [3.8, 4) is 11.5 Å². The summed E-state index contributed by atoms with van der Waals surface area (Å²) in [5.74, 6) is 3.94. The van der Waals surface area contributed by atoms with Crippen LogP contribution in [0.3, 0.4) is 0 Å². The summed E-state index contributed by atoms with van der Waals surface area (Å²) < 4.78 is 0. The minimum atomic E-state index is -2.97. The molecule has 0 radical (unpaired) electrons. The topological polar surface area (TPSA) is 17.1 Å². The second-order valence-electron chi connectivity index (χ2n) is 8.30. The van der Waals surface area contributed by atoms with Gasteiger partial charge < -0.3 is 4.79 Å². The zero-order chi connectivity index (χ0) is 23.4. The first-order chi connectivity index (χ1) is 16.2. The first-order valence-electron chi connectivity index (χ1n) is 11.6. The summed E-state index contributed by atoms with van der Waals surface area (Å²) >= 11 is 3.64. The maximum absolute atomic E-state index is 14.1. The van der Waals surface area contributed by atoms with Crippen molar-refractivity contribution in [2.24, 2.45) is 5.92 Å². The number of alkyl halides is 1. The molecule has 0 aromatic heterocycles. The molecule has 3 rings (SSSR count). The van der Waals surface area contributed by atoms with E-state index in [4.69, 9.17) is 0 Å². The highest BCUT2D eigenvalue weighted by molar-refractivity contribution is 9.09. The Hall–Kier alpha value is -2.67. The van der Waals surface area contributed by atoms with Crippen LogP contribution in [0, 0.1) is 17.4 Å². The molecule has 0 aliphatic heterocycles. The molecule has 168 valence electrons. The molecule has 0 amide bonds. The number of carbonyl (C=O) groups is 1. The molecular weight excluding hydrogens is 484 g/mol. The van der Waals surface area contributed by atoms with E-state index in [2.05, 4.69) is 58.2 Å². The van der Waals surface area contributed by atoms with Crippen LogP contribution in [0.25, 0.3) is 0 Å². The zero-order valence-electron chi connectivity index (χ0n) is 19.1. The van der Waals surface area contributed by atoms with Crippen molar-refractivity contribution in [1.29, 1.82) is 0 Å². The zero-order valence-corrected chi connectivity index (χ0v) is 21.6. The van der Waals surface area contributed by atoms with E-state index in [1.54, 1.807) is 0 Å². The minimum absolute atomic E-state index is 0.292. The lowest BCUT2D eigenvalue weighted by atomic mass is 9.99. The van der Waals surface area contributed by atoms with Crippen LogP contribution in [0.15, 0.2) is 104 Å². The number of allylic oxidation sites excluding steroid dienone is 1. The summed E-state index contributed by atoms with van der Waals surface area (Å²) in [6.07, 6.45) is 6.56. The molecule has 3 aromatic carbocycles. The van der Waals surface area contributed by atoms with Crippen LogP contribution < -0.4 is 10.4 Å². The fourth-order valence-corrected chi connectivity index (χ4v) is 8.48. The SMILES string of the molecule is C=CCCC(CBr)CCCC(=O)[Si](C#Cc1ccccc1)(c1ccccc1)c1ccccc1. The van der Waals surface area contributed by atoms with E-state index in [-0.39, 0.29) is 0 Å². The normalized spacial score (nSPS) is 11.8. The first-order valence-corrected chi connectivity index (χ1v) is 14.7. The van der Waals surface area contributed by atoms with Crippen molar-refractivity contribution in [3.05, 3.63) is 109 Å². The molecule has 1 atom stereocenters. The van der Waals surface area contributed by atoms with Crippen LogP contribution in [0.1, 0.15) is 37.7 Å². The maximum atomic E-state index is 14.1. The van der Waals surface area contributed by atoms with Crippen LogP contribution in [-0.2, 0) is 4.79 Å².